The summed E-state index contributed by atoms with van der Waals surface area (Å²) < 4.78 is 29.1. The van der Waals surface area contributed by atoms with Crippen LogP contribution in [0.15, 0.2) is 0 Å². The summed E-state index contributed by atoms with van der Waals surface area (Å²) in [5.74, 6) is -1.09. The van der Waals surface area contributed by atoms with Gasteiger partial charge in [-0.3, -0.25) is 4.79 Å². The Morgan fingerprint density at radius 3 is 2.60 bits per heavy atom. The molecule has 0 bridgehead atoms. The summed E-state index contributed by atoms with van der Waals surface area (Å²) in [6.07, 6.45) is -0.204. The molecular weight excluding hydrogens is 220 g/mol. The van der Waals surface area contributed by atoms with Gasteiger partial charge in [-0.2, -0.15) is 0 Å². The normalized spacial score (nSPS) is 28.9. The first-order valence-corrected chi connectivity index (χ1v) is 6.52. The van der Waals surface area contributed by atoms with E-state index in [0.29, 0.717) is 13.0 Å². The Morgan fingerprint density at radius 2 is 2.20 bits per heavy atom. The van der Waals surface area contributed by atoms with Gasteiger partial charge in [0.05, 0.1) is 23.0 Å². The van der Waals surface area contributed by atoms with Crippen molar-refractivity contribution < 1.29 is 23.1 Å². The highest BCUT2D eigenvalue weighted by Gasteiger charge is 2.39. The molecule has 0 aliphatic carbocycles. The fourth-order valence-electron chi connectivity index (χ4n) is 1.80. The third kappa shape index (κ3) is 2.69. The van der Waals surface area contributed by atoms with Gasteiger partial charge in [0.2, 0.25) is 0 Å². The van der Waals surface area contributed by atoms with Crippen LogP contribution in [0.1, 0.15) is 26.7 Å². The minimum absolute atomic E-state index is 0.328. The second-order valence-corrected chi connectivity index (χ2v) is 6.49. The van der Waals surface area contributed by atoms with Crippen molar-refractivity contribution in [1.29, 1.82) is 0 Å². The first-order valence-electron chi connectivity index (χ1n) is 4.91. The number of aliphatic carboxylic acids is 1. The highest BCUT2D eigenvalue weighted by molar-refractivity contribution is 7.92. The maximum Gasteiger partial charge on any atom is 0.304 e. The van der Waals surface area contributed by atoms with E-state index < -0.39 is 26.3 Å². The van der Waals surface area contributed by atoms with E-state index in [4.69, 9.17) is 9.84 Å². The van der Waals surface area contributed by atoms with Crippen molar-refractivity contribution >= 4 is 15.8 Å². The van der Waals surface area contributed by atoms with E-state index in [1.807, 2.05) is 0 Å². The zero-order chi connectivity index (χ0) is 11.6. The van der Waals surface area contributed by atoms with Crippen LogP contribution in [0, 0.1) is 0 Å². The Kier molecular flexibility index (Phi) is 3.72. The molecule has 0 aromatic rings. The summed E-state index contributed by atoms with van der Waals surface area (Å²) in [6, 6.07) is 0. The number of rotatable bonds is 4. The quantitative estimate of drug-likeness (QED) is 0.766. The molecule has 1 aliphatic heterocycles. The maximum atomic E-state index is 11.9. The van der Waals surface area contributed by atoms with Gasteiger partial charge >= 0.3 is 5.97 Å². The lowest BCUT2D eigenvalue weighted by atomic mass is 10.2. The largest absolute Gasteiger partial charge is 0.481 e. The maximum absolute atomic E-state index is 11.9. The fourth-order valence-corrected chi connectivity index (χ4v) is 3.81. The van der Waals surface area contributed by atoms with E-state index in [9.17, 15) is 13.2 Å². The van der Waals surface area contributed by atoms with E-state index in [0.717, 1.165) is 0 Å². The number of hydrogen-bond donors (Lipinski definition) is 1. The van der Waals surface area contributed by atoms with Crippen LogP contribution in [-0.2, 0) is 19.4 Å². The molecule has 5 nitrogen and oxygen atoms in total. The molecule has 0 spiro atoms. The van der Waals surface area contributed by atoms with Crippen molar-refractivity contribution in [3.8, 4) is 0 Å². The summed E-state index contributed by atoms with van der Waals surface area (Å²) >= 11 is 0. The Hall–Kier alpha value is -0.620. The van der Waals surface area contributed by atoms with E-state index in [1.54, 1.807) is 6.92 Å². The van der Waals surface area contributed by atoms with Crippen LogP contribution in [0.25, 0.3) is 0 Å². The number of carboxylic acids is 1. The van der Waals surface area contributed by atoms with Gasteiger partial charge in [-0.1, -0.05) is 0 Å². The predicted molar refractivity (Wildman–Crippen MR) is 54.5 cm³/mol. The lowest BCUT2D eigenvalue weighted by Gasteiger charge is -2.19. The zero-order valence-corrected chi connectivity index (χ0v) is 9.66. The van der Waals surface area contributed by atoms with Gasteiger partial charge in [0, 0.05) is 6.61 Å². The van der Waals surface area contributed by atoms with Crippen LogP contribution in [0.5, 0.6) is 0 Å². The van der Waals surface area contributed by atoms with Crippen molar-refractivity contribution in [2.24, 2.45) is 0 Å². The first-order chi connectivity index (χ1) is 6.85. The fraction of sp³-hybridized carbons (Fsp3) is 0.889. The molecule has 0 saturated carbocycles. The van der Waals surface area contributed by atoms with Crippen molar-refractivity contribution in [3.05, 3.63) is 0 Å². The molecule has 3 atom stereocenters. The van der Waals surface area contributed by atoms with Crippen LogP contribution < -0.4 is 0 Å². The summed E-state index contributed by atoms with van der Waals surface area (Å²) in [5.41, 5.74) is 0. The first kappa shape index (κ1) is 12.4. The topological polar surface area (TPSA) is 80.7 Å². The Bertz CT molecular complexity index is 334. The van der Waals surface area contributed by atoms with Gasteiger partial charge < -0.3 is 9.84 Å². The minimum Gasteiger partial charge on any atom is -0.481 e. The van der Waals surface area contributed by atoms with Crippen LogP contribution >= 0.6 is 0 Å². The smallest absolute Gasteiger partial charge is 0.304 e. The molecule has 1 saturated heterocycles. The van der Waals surface area contributed by atoms with Gasteiger partial charge in [-0.05, 0) is 20.3 Å². The molecule has 0 amide bonds. The van der Waals surface area contributed by atoms with Crippen molar-refractivity contribution in [2.75, 3.05) is 6.61 Å². The Labute approximate surface area is 89.3 Å². The molecule has 6 heteroatoms. The van der Waals surface area contributed by atoms with Crippen LogP contribution in [0.3, 0.4) is 0 Å². The third-order valence-corrected chi connectivity index (χ3v) is 5.50. The van der Waals surface area contributed by atoms with E-state index in [1.165, 1.54) is 6.92 Å². The van der Waals surface area contributed by atoms with E-state index in [2.05, 4.69) is 0 Å². The van der Waals surface area contributed by atoms with Crippen LogP contribution in [0.4, 0.5) is 0 Å². The molecule has 3 unspecified atom stereocenters. The summed E-state index contributed by atoms with van der Waals surface area (Å²) in [6.45, 7) is 3.59. The zero-order valence-electron chi connectivity index (χ0n) is 8.84. The van der Waals surface area contributed by atoms with Crippen molar-refractivity contribution in [2.45, 2.75) is 43.3 Å². The van der Waals surface area contributed by atoms with Crippen molar-refractivity contribution in [3.63, 3.8) is 0 Å². The molecule has 1 N–H and O–H groups in total. The molecule has 1 fully saturated rings. The number of carbonyl (C=O) groups is 1. The lowest BCUT2D eigenvalue weighted by Crippen LogP contribution is -2.35. The molecule has 1 heterocycles. The van der Waals surface area contributed by atoms with E-state index in [-0.39, 0.29) is 12.5 Å². The summed E-state index contributed by atoms with van der Waals surface area (Å²) in [7, 11) is -3.39. The highest BCUT2D eigenvalue weighted by Crippen LogP contribution is 2.25. The monoisotopic (exact) mass is 236 g/mol. The number of carboxylic acid groups (broad SMARTS) is 1. The molecule has 0 radical (unpaired) electrons. The van der Waals surface area contributed by atoms with Crippen LogP contribution in [0.2, 0.25) is 0 Å². The Morgan fingerprint density at radius 1 is 1.60 bits per heavy atom. The van der Waals surface area contributed by atoms with E-state index >= 15 is 0 Å². The van der Waals surface area contributed by atoms with Crippen molar-refractivity contribution in [1.82, 2.24) is 0 Å². The Balaban J connectivity index is 2.77. The van der Waals surface area contributed by atoms with Gasteiger partial charge in [0.15, 0.2) is 9.84 Å². The number of sulfone groups is 1. The van der Waals surface area contributed by atoms with Gasteiger partial charge in [-0.15, -0.1) is 0 Å². The highest BCUT2D eigenvalue weighted by atomic mass is 32.2. The van der Waals surface area contributed by atoms with Gasteiger partial charge in [0.25, 0.3) is 0 Å². The lowest BCUT2D eigenvalue weighted by molar-refractivity contribution is -0.136. The molecule has 1 aliphatic rings. The average molecular weight is 236 g/mol. The molecule has 1 rings (SSSR count). The second kappa shape index (κ2) is 4.49. The number of ether oxygens (including phenoxy) is 1. The predicted octanol–water partition coefficient (Wildman–Crippen LogP) is 0.442. The molecule has 15 heavy (non-hydrogen) atoms. The molecule has 0 aromatic heterocycles. The summed E-state index contributed by atoms with van der Waals surface area (Å²) in [5, 5.41) is 7.17. The van der Waals surface area contributed by atoms with Crippen LogP contribution in [-0.4, -0.2) is 42.7 Å². The molecule has 88 valence electrons. The molecule has 0 aromatic carbocycles. The average Bonchev–Trinajstić information content (AvgIpc) is 2.50. The summed E-state index contributed by atoms with van der Waals surface area (Å²) in [4.78, 5) is 10.5. The standard InChI is InChI=1S/C9H16O5S/c1-6(5-9(10)11)15(12,13)8-3-4-14-7(8)2/h6-8H,3-5H2,1-2H3,(H,10,11). The third-order valence-electron chi connectivity index (χ3n) is 2.75. The molecular formula is C9H16O5S. The van der Waals surface area contributed by atoms with Gasteiger partial charge in [0.1, 0.15) is 0 Å². The second-order valence-electron chi connectivity index (χ2n) is 3.90. The SMILES string of the molecule is CC1OCCC1S(=O)(=O)C(C)CC(=O)O. The van der Waals surface area contributed by atoms with Gasteiger partial charge in [-0.25, -0.2) is 8.42 Å². The minimum atomic E-state index is -3.39. The number of hydrogen-bond acceptors (Lipinski definition) is 4.